The lowest BCUT2D eigenvalue weighted by Gasteiger charge is -2.22. The Hall–Kier alpha value is -2.51. The number of amides is 1. The zero-order valence-corrected chi connectivity index (χ0v) is 16.5. The first-order valence-electron chi connectivity index (χ1n) is 7.69. The van der Waals surface area contributed by atoms with E-state index in [0.29, 0.717) is 27.3 Å². The predicted octanol–water partition coefficient (Wildman–Crippen LogP) is 4.15. The standard InChI is InChI=1S/C18H20ClN3O3S/c1-11(23)20-12-5-7-13(8-6-12)22(2)18(26)21-15-9-14(19)16(24-3)10-17(15)25-4/h5-10H,1-4H3,(H,20,23)(H,21,26). The number of nitrogens with zero attached hydrogens (tertiary/aromatic N) is 1. The summed E-state index contributed by atoms with van der Waals surface area (Å²) >= 11 is 11.7. The third-order valence-corrected chi connectivity index (χ3v) is 4.27. The van der Waals surface area contributed by atoms with Crippen LogP contribution in [0.25, 0.3) is 0 Å². The maximum Gasteiger partial charge on any atom is 0.221 e. The zero-order valence-electron chi connectivity index (χ0n) is 14.9. The lowest BCUT2D eigenvalue weighted by molar-refractivity contribution is -0.114. The van der Waals surface area contributed by atoms with Crippen LogP contribution in [0.15, 0.2) is 36.4 Å². The molecule has 8 heteroatoms. The normalized spacial score (nSPS) is 10.0. The van der Waals surface area contributed by atoms with Gasteiger partial charge >= 0.3 is 0 Å². The Labute approximate surface area is 163 Å². The molecule has 0 aliphatic heterocycles. The van der Waals surface area contributed by atoms with Crippen molar-refractivity contribution in [3.8, 4) is 11.5 Å². The van der Waals surface area contributed by atoms with Crippen LogP contribution in [0.1, 0.15) is 6.92 Å². The number of halogens is 1. The highest BCUT2D eigenvalue weighted by molar-refractivity contribution is 7.80. The van der Waals surface area contributed by atoms with Crippen molar-refractivity contribution in [2.24, 2.45) is 0 Å². The molecular weight excluding hydrogens is 374 g/mol. The Bertz CT molecular complexity index is 812. The van der Waals surface area contributed by atoms with Gasteiger partial charge in [0.1, 0.15) is 11.5 Å². The van der Waals surface area contributed by atoms with Crippen molar-refractivity contribution in [3.05, 3.63) is 41.4 Å². The minimum Gasteiger partial charge on any atom is -0.495 e. The molecule has 0 aliphatic carbocycles. The highest BCUT2D eigenvalue weighted by Crippen LogP contribution is 2.36. The summed E-state index contributed by atoms with van der Waals surface area (Å²) in [5.41, 5.74) is 2.21. The van der Waals surface area contributed by atoms with E-state index in [4.69, 9.17) is 33.3 Å². The molecule has 0 bridgehead atoms. The van der Waals surface area contributed by atoms with E-state index >= 15 is 0 Å². The van der Waals surface area contributed by atoms with Crippen LogP contribution in [0.5, 0.6) is 11.5 Å². The summed E-state index contributed by atoms with van der Waals surface area (Å²) in [6, 6.07) is 10.7. The van der Waals surface area contributed by atoms with Crippen molar-refractivity contribution in [2.45, 2.75) is 6.92 Å². The van der Waals surface area contributed by atoms with E-state index < -0.39 is 0 Å². The van der Waals surface area contributed by atoms with E-state index in [-0.39, 0.29) is 5.91 Å². The second-order valence-electron chi connectivity index (χ2n) is 5.40. The average Bonchev–Trinajstić information content (AvgIpc) is 2.61. The first kappa shape index (κ1) is 19.8. The van der Waals surface area contributed by atoms with E-state index in [0.717, 1.165) is 11.4 Å². The third-order valence-electron chi connectivity index (χ3n) is 3.60. The molecule has 6 nitrogen and oxygen atoms in total. The van der Waals surface area contributed by atoms with Crippen LogP contribution >= 0.6 is 23.8 Å². The van der Waals surface area contributed by atoms with E-state index in [9.17, 15) is 4.79 Å². The molecule has 2 rings (SSSR count). The molecule has 138 valence electrons. The molecule has 0 radical (unpaired) electrons. The summed E-state index contributed by atoms with van der Waals surface area (Å²) in [5, 5.41) is 6.75. The fraction of sp³-hybridized carbons (Fsp3) is 0.222. The van der Waals surface area contributed by atoms with Crippen LogP contribution in [0.2, 0.25) is 5.02 Å². The zero-order chi connectivity index (χ0) is 19.3. The molecule has 0 aliphatic rings. The minimum atomic E-state index is -0.119. The van der Waals surface area contributed by atoms with E-state index in [1.165, 1.54) is 14.0 Å². The molecule has 0 saturated carbocycles. The van der Waals surface area contributed by atoms with Gasteiger partial charge in [-0.1, -0.05) is 11.6 Å². The van der Waals surface area contributed by atoms with Gasteiger partial charge in [-0.25, -0.2) is 0 Å². The number of carbonyl (C=O) groups is 1. The molecule has 1 amide bonds. The molecule has 0 unspecified atom stereocenters. The van der Waals surface area contributed by atoms with Gasteiger partial charge in [-0.15, -0.1) is 0 Å². The van der Waals surface area contributed by atoms with Crippen molar-refractivity contribution < 1.29 is 14.3 Å². The van der Waals surface area contributed by atoms with Crippen molar-refractivity contribution in [3.63, 3.8) is 0 Å². The van der Waals surface area contributed by atoms with Gasteiger partial charge in [0.2, 0.25) is 5.91 Å². The van der Waals surface area contributed by atoms with Gasteiger partial charge in [-0.05, 0) is 42.5 Å². The summed E-state index contributed by atoms with van der Waals surface area (Å²) in [6.07, 6.45) is 0. The van der Waals surface area contributed by atoms with Crippen molar-refractivity contribution in [1.29, 1.82) is 0 Å². The SMILES string of the molecule is COc1cc(OC)c(NC(=S)N(C)c2ccc(NC(C)=O)cc2)cc1Cl. The van der Waals surface area contributed by atoms with Gasteiger partial charge in [-0.2, -0.15) is 0 Å². The Morgan fingerprint density at radius 1 is 1.08 bits per heavy atom. The second kappa shape index (κ2) is 8.73. The van der Waals surface area contributed by atoms with Gasteiger partial charge in [0.25, 0.3) is 0 Å². The van der Waals surface area contributed by atoms with Gasteiger partial charge < -0.3 is 25.0 Å². The Morgan fingerprint density at radius 3 is 2.23 bits per heavy atom. The van der Waals surface area contributed by atoms with Gasteiger partial charge in [0, 0.05) is 31.4 Å². The lowest BCUT2D eigenvalue weighted by atomic mass is 10.2. The molecule has 0 saturated heterocycles. The number of ether oxygens (including phenoxy) is 2. The number of benzene rings is 2. The quantitative estimate of drug-likeness (QED) is 0.744. The van der Waals surface area contributed by atoms with Gasteiger partial charge in [-0.3, -0.25) is 4.79 Å². The molecule has 26 heavy (non-hydrogen) atoms. The molecule has 2 aromatic rings. The Kier molecular flexibility index (Phi) is 6.65. The van der Waals surface area contributed by atoms with Crippen LogP contribution in [0.3, 0.4) is 0 Å². The molecule has 2 N–H and O–H groups in total. The smallest absolute Gasteiger partial charge is 0.221 e. The minimum absolute atomic E-state index is 0.119. The van der Waals surface area contributed by atoms with Crippen LogP contribution in [0, 0.1) is 0 Å². The second-order valence-corrected chi connectivity index (χ2v) is 6.20. The van der Waals surface area contributed by atoms with Crippen molar-refractivity contribution >= 4 is 51.9 Å². The van der Waals surface area contributed by atoms with Crippen LogP contribution in [0.4, 0.5) is 17.1 Å². The first-order chi connectivity index (χ1) is 12.3. The van der Waals surface area contributed by atoms with Gasteiger partial charge in [0.15, 0.2) is 5.11 Å². The van der Waals surface area contributed by atoms with Crippen molar-refractivity contribution in [2.75, 3.05) is 36.8 Å². The highest BCUT2D eigenvalue weighted by Gasteiger charge is 2.14. The monoisotopic (exact) mass is 393 g/mol. The summed E-state index contributed by atoms with van der Waals surface area (Å²) in [6.45, 7) is 1.46. The summed E-state index contributed by atoms with van der Waals surface area (Å²) in [5.74, 6) is 0.955. The fourth-order valence-electron chi connectivity index (χ4n) is 2.25. The summed E-state index contributed by atoms with van der Waals surface area (Å²) in [4.78, 5) is 12.9. The number of carbonyl (C=O) groups excluding carboxylic acids is 1. The highest BCUT2D eigenvalue weighted by atomic mass is 35.5. The fourth-order valence-corrected chi connectivity index (χ4v) is 2.70. The van der Waals surface area contributed by atoms with Gasteiger partial charge in [0.05, 0.1) is 24.9 Å². The molecule has 0 atom stereocenters. The molecule has 0 aromatic heterocycles. The maximum absolute atomic E-state index is 11.1. The maximum atomic E-state index is 11.1. The molecule has 0 spiro atoms. The Balaban J connectivity index is 2.16. The topological polar surface area (TPSA) is 62.8 Å². The number of hydrogen-bond acceptors (Lipinski definition) is 4. The number of rotatable bonds is 5. The molecular formula is C18H20ClN3O3S. The van der Waals surface area contributed by atoms with E-state index in [2.05, 4.69) is 10.6 Å². The largest absolute Gasteiger partial charge is 0.495 e. The molecule has 2 aromatic carbocycles. The number of methoxy groups -OCH3 is 2. The molecule has 0 fully saturated rings. The number of hydrogen-bond donors (Lipinski definition) is 2. The van der Waals surface area contributed by atoms with E-state index in [1.807, 2.05) is 19.2 Å². The lowest BCUT2D eigenvalue weighted by Crippen LogP contribution is -2.31. The van der Waals surface area contributed by atoms with Crippen molar-refractivity contribution in [1.82, 2.24) is 0 Å². The van der Waals surface area contributed by atoms with E-state index in [1.54, 1.807) is 36.3 Å². The number of anilines is 3. The summed E-state index contributed by atoms with van der Waals surface area (Å²) in [7, 11) is 4.93. The van der Waals surface area contributed by atoms with Crippen LogP contribution < -0.4 is 25.0 Å². The predicted molar refractivity (Wildman–Crippen MR) is 110 cm³/mol. The number of nitrogens with one attached hydrogen (secondary N) is 2. The van der Waals surface area contributed by atoms with Crippen LogP contribution in [-0.2, 0) is 4.79 Å². The number of thiocarbonyl (C=S) groups is 1. The Morgan fingerprint density at radius 2 is 1.69 bits per heavy atom. The average molecular weight is 394 g/mol. The molecule has 0 heterocycles. The van der Waals surface area contributed by atoms with Crippen LogP contribution in [-0.4, -0.2) is 32.3 Å². The first-order valence-corrected chi connectivity index (χ1v) is 8.48. The third kappa shape index (κ3) is 4.77. The summed E-state index contributed by atoms with van der Waals surface area (Å²) < 4.78 is 10.6.